The molecule has 0 saturated carbocycles. The highest BCUT2D eigenvalue weighted by Crippen LogP contribution is 2.22. The molecule has 1 atom stereocenters. The van der Waals surface area contributed by atoms with Gasteiger partial charge in [0.25, 0.3) is 0 Å². The van der Waals surface area contributed by atoms with Gasteiger partial charge in [0.1, 0.15) is 0 Å². The van der Waals surface area contributed by atoms with Gasteiger partial charge in [-0.15, -0.1) is 0 Å². The van der Waals surface area contributed by atoms with Crippen LogP contribution in [0.2, 0.25) is 0 Å². The number of hydrogen-bond acceptors (Lipinski definition) is 3. The topological polar surface area (TPSA) is 69.6 Å². The first kappa shape index (κ1) is 21.1. The number of hydrogen-bond donors (Lipinski definition) is 2. The van der Waals surface area contributed by atoms with Gasteiger partial charge in [0.2, 0.25) is 11.8 Å². The van der Waals surface area contributed by atoms with Crippen molar-refractivity contribution in [3.05, 3.63) is 60.2 Å². The molecule has 1 aliphatic rings. The summed E-state index contributed by atoms with van der Waals surface area (Å²) < 4.78 is 0. The van der Waals surface area contributed by atoms with Gasteiger partial charge in [0.15, 0.2) is 0 Å². The van der Waals surface area contributed by atoms with Crippen molar-refractivity contribution in [2.75, 3.05) is 13.1 Å². The summed E-state index contributed by atoms with van der Waals surface area (Å²) in [6.45, 7) is 1.55. The molecule has 1 unspecified atom stereocenters. The zero-order valence-corrected chi connectivity index (χ0v) is 16.8. The Hall–Kier alpha value is -2.66. The van der Waals surface area contributed by atoms with E-state index in [1.807, 2.05) is 23.1 Å². The highest BCUT2D eigenvalue weighted by atomic mass is 16.5. The standard InChI is InChI=1S/C24H30N2O3/c27-23(25-29)18-22(24(28)26-16-5-2-6-17-26)11-7-8-19-12-14-21(15-13-19)20-9-3-1-4-10-20/h1,3-4,9-10,12-15,22,29H,2,5-8,11,16-18H2,(H,25,27). The number of hydroxylamine groups is 1. The number of benzene rings is 2. The molecule has 3 rings (SSSR count). The van der Waals surface area contributed by atoms with E-state index in [9.17, 15) is 9.59 Å². The van der Waals surface area contributed by atoms with Crippen molar-refractivity contribution >= 4 is 11.8 Å². The Balaban J connectivity index is 1.56. The van der Waals surface area contributed by atoms with Crippen LogP contribution in [-0.4, -0.2) is 35.0 Å². The SMILES string of the molecule is O=C(CC(CCCc1ccc(-c2ccccc2)cc1)C(=O)N1CCCCC1)NO. The summed E-state index contributed by atoms with van der Waals surface area (Å²) in [5.41, 5.74) is 5.28. The lowest BCUT2D eigenvalue weighted by Crippen LogP contribution is -2.41. The van der Waals surface area contributed by atoms with Crippen LogP contribution in [0.3, 0.4) is 0 Å². The number of rotatable bonds is 8. The molecule has 0 bridgehead atoms. The molecule has 5 nitrogen and oxygen atoms in total. The normalized spacial score (nSPS) is 15.0. The van der Waals surface area contributed by atoms with Crippen molar-refractivity contribution in [3.8, 4) is 11.1 Å². The molecule has 1 fully saturated rings. The maximum atomic E-state index is 12.9. The Morgan fingerprint density at radius 3 is 2.24 bits per heavy atom. The van der Waals surface area contributed by atoms with Crippen molar-refractivity contribution in [2.24, 2.45) is 5.92 Å². The number of nitrogens with one attached hydrogen (secondary N) is 1. The van der Waals surface area contributed by atoms with Crippen LogP contribution in [-0.2, 0) is 16.0 Å². The van der Waals surface area contributed by atoms with Crippen LogP contribution in [0.1, 0.15) is 44.1 Å². The van der Waals surface area contributed by atoms with Gasteiger partial charge in [-0.3, -0.25) is 14.8 Å². The van der Waals surface area contributed by atoms with Crippen LogP contribution in [0.25, 0.3) is 11.1 Å². The monoisotopic (exact) mass is 394 g/mol. The molecule has 0 radical (unpaired) electrons. The van der Waals surface area contributed by atoms with E-state index in [0.717, 1.165) is 45.2 Å². The van der Waals surface area contributed by atoms with Crippen LogP contribution in [0.15, 0.2) is 54.6 Å². The van der Waals surface area contributed by atoms with E-state index < -0.39 is 5.91 Å². The predicted octanol–water partition coefficient (Wildman–Crippen LogP) is 4.20. The number of likely N-dealkylation sites (tertiary alicyclic amines) is 1. The Kier molecular flexibility index (Phi) is 7.82. The molecule has 0 aliphatic carbocycles. The number of carbonyl (C=O) groups excluding carboxylic acids is 2. The third kappa shape index (κ3) is 6.16. The van der Waals surface area contributed by atoms with E-state index in [2.05, 4.69) is 36.4 Å². The lowest BCUT2D eigenvalue weighted by atomic mass is 9.93. The van der Waals surface area contributed by atoms with E-state index in [1.165, 1.54) is 16.7 Å². The molecule has 0 aromatic heterocycles. The molecule has 0 spiro atoms. The highest BCUT2D eigenvalue weighted by molar-refractivity contribution is 5.85. The maximum Gasteiger partial charge on any atom is 0.244 e. The summed E-state index contributed by atoms with van der Waals surface area (Å²) in [4.78, 5) is 26.4. The lowest BCUT2D eigenvalue weighted by Gasteiger charge is -2.30. The second-order valence-corrected chi connectivity index (χ2v) is 7.78. The number of aryl methyl sites for hydroxylation is 1. The molecule has 2 N–H and O–H groups in total. The molecule has 5 heteroatoms. The molecular formula is C24H30N2O3. The second-order valence-electron chi connectivity index (χ2n) is 7.78. The lowest BCUT2D eigenvalue weighted by molar-refractivity contribution is -0.141. The maximum absolute atomic E-state index is 12.9. The van der Waals surface area contributed by atoms with Gasteiger partial charge >= 0.3 is 0 Å². The molecule has 1 aliphatic heterocycles. The van der Waals surface area contributed by atoms with E-state index in [4.69, 9.17) is 5.21 Å². The zero-order valence-electron chi connectivity index (χ0n) is 16.8. The predicted molar refractivity (Wildman–Crippen MR) is 113 cm³/mol. The average molecular weight is 395 g/mol. The molecule has 1 saturated heterocycles. The quantitative estimate of drug-likeness (QED) is 0.521. The number of nitrogens with zero attached hydrogens (tertiary/aromatic N) is 1. The van der Waals surface area contributed by atoms with Crippen molar-refractivity contribution in [2.45, 2.75) is 44.9 Å². The van der Waals surface area contributed by atoms with Crippen LogP contribution in [0.4, 0.5) is 0 Å². The average Bonchev–Trinajstić information content (AvgIpc) is 2.79. The molecule has 2 amide bonds. The molecule has 2 aromatic rings. The Morgan fingerprint density at radius 2 is 1.59 bits per heavy atom. The van der Waals surface area contributed by atoms with E-state index in [1.54, 1.807) is 5.48 Å². The van der Waals surface area contributed by atoms with Crippen LogP contribution in [0.5, 0.6) is 0 Å². The third-order valence-electron chi connectivity index (χ3n) is 5.65. The first-order valence-electron chi connectivity index (χ1n) is 10.5. The highest BCUT2D eigenvalue weighted by Gasteiger charge is 2.27. The molecular weight excluding hydrogens is 364 g/mol. The van der Waals surface area contributed by atoms with Crippen LogP contribution >= 0.6 is 0 Å². The smallest absolute Gasteiger partial charge is 0.244 e. The van der Waals surface area contributed by atoms with Gasteiger partial charge in [0.05, 0.1) is 0 Å². The fourth-order valence-electron chi connectivity index (χ4n) is 4.00. The number of carbonyl (C=O) groups is 2. The number of amides is 2. The van der Waals surface area contributed by atoms with Crippen molar-refractivity contribution in [3.63, 3.8) is 0 Å². The largest absolute Gasteiger partial charge is 0.342 e. The first-order chi connectivity index (χ1) is 14.2. The van der Waals surface area contributed by atoms with Crippen molar-refractivity contribution in [1.29, 1.82) is 0 Å². The van der Waals surface area contributed by atoms with Crippen LogP contribution < -0.4 is 5.48 Å². The summed E-state index contributed by atoms with van der Waals surface area (Å²) >= 11 is 0. The van der Waals surface area contributed by atoms with Gasteiger partial charge in [0, 0.05) is 25.4 Å². The van der Waals surface area contributed by atoms with Gasteiger partial charge in [-0.25, -0.2) is 5.48 Å². The van der Waals surface area contributed by atoms with Crippen molar-refractivity contribution < 1.29 is 14.8 Å². The summed E-state index contributed by atoms with van der Waals surface area (Å²) in [6.07, 6.45) is 5.58. The third-order valence-corrected chi connectivity index (χ3v) is 5.65. The Morgan fingerprint density at radius 1 is 0.931 bits per heavy atom. The van der Waals surface area contributed by atoms with E-state index in [0.29, 0.717) is 6.42 Å². The summed E-state index contributed by atoms with van der Waals surface area (Å²) in [7, 11) is 0. The summed E-state index contributed by atoms with van der Waals surface area (Å²) in [5.74, 6) is -0.816. The summed E-state index contributed by atoms with van der Waals surface area (Å²) in [5, 5.41) is 8.87. The second kappa shape index (κ2) is 10.8. The molecule has 2 aromatic carbocycles. The number of piperidine rings is 1. The van der Waals surface area contributed by atoms with Crippen LogP contribution in [0, 0.1) is 5.92 Å². The minimum absolute atomic E-state index is 0.0405. The minimum Gasteiger partial charge on any atom is -0.342 e. The summed E-state index contributed by atoms with van der Waals surface area (Å²) in [6, 6.07) is 18.8. The van der Waals surface area contributed by atoms with Gasteiger partial charge < -0.3 is 4.90 Å². The van der Waals surface area contributed by atoms with Gasteiger partial charge in [-0.05, 0) is 55.2 Å². The molecule has 1 heterocycles. The molecule has 29 heavy (non-hydrogen) atoms. The fraction of sp³-hybridized carbons (Fsp3) is 0.417. The van der Waals surface area contributed by atoms with E-state index in [-0.39, 0.29) is 18.2 Å². The van der Waals surface area contributed by atoms with E-state index >= 15 is 0 Å². The Labute approximate surface area is 172 Å². The van der Waals surface area contributed by atoms with Crippen molar-refractivity contribution in [1.82, 2.24) is 10.4 Å². The van der Waals surface area contributed by atoms with Gasteiger partial charge in [-0.1, -0.05) is 54.6 Å². The molecule has 154 valence electrons. The zero-order chi connectivity index (χ0) is 20.5. The Bertz CT molecular complexity index is 784. The van der Waals surface area contributed by atoms with Gasteiger partial charge in [-0.2, -0.15) is 0 Å². The first-order valence-corrected chi connectivity index (χ1v) is 10.5. The fourth-order valence-corrected chi connectivity index (χ4v) is 4.00. The minimum atomic E-state index is -0.493.